The lowest BCUT2D eigenvalue weighted by Crippen LogP contribution is -2.41. The van der Waals surface area contributed by atoms with Gasteiger partial charge in [0.05, 0.1) is 5.56 Å². The molecule has 8 nitrogen and oxygen atoms in total. The summed E-state index contributed by atoms with van der Waals surface area (Å²) in [6, 6.07) is 25.4. The summed E-state index contributed by atoms with van der Waals surface area (Å²) in [6.07, 6.45) is 2.62. The summed E-state index contributed by atoms with van der Waals surface area (Å²) in [6.45, 7) is 0.769. The first-order valence-electron chi connectivity index (χ1n) is 12.3. The van der Waals surface area contributed by atoms with Crippen LogP contribution in [0.2, 0.25) is 0 Å². The summed E-state index contributed by atoms with van der Waals surface area (Å²) in [7, 11) is 0. The lowest BCUT2D eigenvalue weighted by atomic mass is 10.0. The molecule has 1 atom stereocenters. The van der Waals surface area contributed by atoms with Gasteiger partial charge in [-0.1, -0.05) is 65.8 Å². The summed E-state index contributed by atoms with van der Waals surface area (Å²) >= 11 is 0. The number of ether oxygens (including phenoxy) is 2. The maximum Gasteiger partial charge on any atom is 0.338 e. The molecule has 37 heavy (non-hydrogen) atoms. The topological polar surface area (TPSA) is 94.8 Å². The van der Waals surface area contributed by atoms with E-state index in [0.717, 1.165) is 24.8 Å². The fourth-order valence-corrected chi connectivity index (χ4v) is 4.28. The largest absolute Gasteiger partial charge is 0.484 e. The van der Waals surface area contributed by atoms with Crippen LogP contribution in [-0.2, 0) is 16.1 Å². The number of amides is 1. The minimum atomic E-state index is -0.404. The predicted octanol–water partition coefficient (Wildman–Crippen LogP) is 5.23. The second-order valence-corrected chi connectivity index (χ2v) is 8.80. The summed E-state index contributed by atoms with van der Waals surface area (Å²) in [5, 5.41) is 4.13. The van der Waals surface area contributed by atoms with E-state index in [0.29, 0.717) is 35.1 Å². The quantitative estimate of drug-likeness (QED) is 0.308. The van der Waals surface area contributed by atoms with E-state index >= 15 is 0 Å². The van der Waals surface area contributed by atoms with Gasteiger partial charge in [0.2, 0.25) is 11.7 Å². The molecule has 0 saturated carbocycles. The molecule has 0 radical (unpaired) electrons. The molecule has 5 rings (SSSR count). The van der Waals surface area contributed by atoms with Crippen molar-refractivity contribution in [3.8, 4) is 17.1 Å². The maximum atomic E-state index is 12.9. The van der Waals surface area contributed by atoms with Gasteiger partial charge in [0.1, 0.15) is 18.4 Å². The van der Waals surface area contributed by atoms with Gasteiger partial charge < -0.3 is 18.9 Å². The molecule has 1 amide bonds. The van der Waals surface area contributed by atoms with E-state index in [9.17, 15) is 9.59 Å². The number of nitrogens with zero attached hydrogens (tertiary/aromatic N) is 3. The Hall–Kier alpha value is -4.46. The lowest BCUT2D eigenvalue weighted by Gasteiger charge is -2.33. The molecule has 0 N–H and O–H groups in total. The molecule has 188 valence electrons. The Bertz CT molecular complexity index is 1320. The van der Waals surface area contributed by atoms with E-state index in [1.807, 2.05) is 60.7 Å². The highest BCUT2D eigenvalue weighted by atomic mass is 16.5. The van der Waals surface area contributed by atoms with Gasteiger partial charge in [0, 0.05) is 12.1 Å². The number of para-hydroxylation sites is 1. The van der Waals surface area contributed by atoms with Gasteiger partial charge in [-0.05, 0) is 49.1 Å². The molecule has 1 unspecified atom stereocenters. The van der Waals surface area contributed by atoms with Crippen LogP contribution in [-0.4, -0.2) is 40.1 Å². The van der Waals surface area contributed by atoms with E-state index in [2.05, 4.69) is 10.1 Å². The van der Waals surface area contributed by atoms with Gasteiger partial charge in [0.15, 0.2) is 6.61 Å². The Morgan fingerprint density at radius 2 is 1.65 bits per heavy atom. The van der Waals surface area contributed by atoms with Crippen molar-refractivity contribution in [1.82, 2.24) is 15.0 Å². The normalized spacial score (nSPS) is 15.2. The molecule has 0 spiro atoms. The number of carbonyl (C=O) groups excluding carboxylic acids is 2. The van der Waals surface area contributed by atoms with Crippen LogP contribution in [0.25, 0.3) is 11.4 Å². The maximum absolute atomic E-state index is 12.9. The number of aromatic nitrogens is 2. The van der Waals surface area contributed by atoms with Crippen LogP contribution in [0.1, 0.15) is 47.1 Å². The van der Waals surface area contributed by atoms with Gasteiger partial charge >= 0.3 is 5.97 Å². The van der Waals surface area contributed by atoms with Crippen molar-refractivity contribution in [1.29, 1.82) is 0 Å². The molecule has 3 aromatic carbocycles. The van der Waals surface area contributed by atoms with Gasteiger partial charge in [-0.15, -0.1) is 0 Å². The van der Waals surface area contributed by atoms with Crippen LogP contribution in [0.15, 0.2) is 89.5 Å². The van der Waals surface area contributed by atoms with Crippen molar-refractivity contribution in [3.05, 3.63) is 102 Å². The zero-order valence-corrected chi connectivity index (χ0v) is 20.3. The lowest BCUT2D eigenvalue weighted by molar-refractivity contribution is -0.138. The smallest absolute Gasteiger partial charge is 0.338 e. The van der Waals surface area contributed by atoms with Crippen LogP contribution in [0, 0.1) is 0 Å². The summed E-state index contributed by atoms with van der Waals surface area (Å²) in [4.78, 5) is 31.7. The Balaban J connectivity index is 1.22. The van der Waals surface area contributed by atoms with Crippen molar-refractivity contribution in [2.75, 3.05) is 13.2 Å². The molecule has 2 heterocycles. The number of hydrogen-bond donors (Lipinski definition) is 0. The highest BCUT2D eigenvalue weighted by Gasteiger charge is 2.32. The van der Waals surface area contributed by atoms with Crippen LogP contribution in [0.4, 0.5) is 0 Å². The number of piperidine rings is 1. The van der Waals surface area contributed by atoms with Crippen LogP contribution in [0.3, 0.4) is 0 Å². The summed E-state index contributed by atoms with van der Waals surface area (Å²) in [5.41, 5.74) is 2.07. The molecule has 1 saturated heterocycles. The SMILES string of the molecule is O=C(OCc1ccccc1)c1ccc(-c2noc(C3CCCCN3C(=O)COc3ccccc3)n2)cc1. The molecule has 4 aromatic rings. The molecule has 0 aliphatic carbocycles. The molecular weight excluding hydrogens is 470 g/mol. The zero-order valence-electron chi connectivity index (χ0n) is 20.3. The summed E-state index contributed by atoms with van der Waals surface area (Å²) < 4.78 is 16.6. The van der Waals surface area contributed by atoms with Crippen molar-refractivity contribution in [2.24, 2.45) is 0 Å². The fraction of sp³-hybridized carbons (Fsp3) is 0.241. The van der Waals surface area contributed by atoms with Gasteiger partial charge in [-0.3, -0.25) is 4.79 Å². The van der Waals surface area contributed by atoms with Crippen molar-refractivity contribution >= 4 is 11.9 Å². The third-order valence-corrected chi connectivity index (χ3v) is 6.25. The van der Waals surface area contributed by atoms with Crippen LogP contribution >= 0.6 is 0 Å². The standard InChI is InChI=1S/C29H27N3O5/c33-26(20-35-24-11-5-2-6-12-24)32-18-8-7-13-25(32)28-30-27(31-37-28)22-14-16-23(17-15-22)29(34)36-19-21-9-3-1-4-10-21/h1-6,9-12,14-17,25H,7-8,13,18-20H2. The summed E-state index contributed by atoms with van der Waals surface area (Å²) in [5.74, 6) is 0.925. The molecule has 1 aliphatic rings. The fourth-order valence-electron chi connectivity index (χ4n) is 4.28. The molecule has 8 heteroatoms. The molecule has 1 aliphatic heterocycles. The molecular formula is C29H27N3O5. The zero-order chi connectivity index (χ0) is 25.5. The Morgan fingerprint density at radius 3 is 2.41 bits per heavy atom. The van der Waals surface area contributed by atoms with Crippen molar-refractivity contribution < 1.29 is 23.6 Å². The second-order valence-electron chi connectivity index (χ2n) is 8.80. The Morgan fingerprint density at radius 1 is 0.919 bits per heavy atom. The van der Waals surface area contributed by atoms with E-state index in [4.69, 9.17) is 14.0 Å². The minimum absolute atomic E-state index is 0.0522. The monoisotopic (exact) mass is 497 g/mol. The van der Waals surface area contributed by atoms with Gasteiger partial charge in [0.25, 0.3) is 5.91 Å². The highest BCUT2D eigenvalue weighted by Crippen LogP contribution is 2.31. The average molecular weight is 498 g/mol. The van der Waals surface area contributed by atoms with Crippen molar-refractivity contribution in [2.45, 2.75) is 31.9 Å². The second kappa shape index (κ2) is 11.5. The van der Waals surface area contributed by atoms with Crippen molar-refractivity contribution in [3.63, 3.8) is 0 Å². The first kappa shape index (κ1) is 24.2. The van der Waals surface area contributed by atoms with E-state index < -0.39 is 5.97 Å². The molecule has 0 bridgehead atoms. The van der Waals surface area contributed by atoms with Gasteiger partial charge in [-0.2, -0.15) is 4.98 Å². The molecule has 1 aromatic heterocycles. The third-order valence-electron chi connectivity index (χ3n) is 6.25. The van der Waals surface area contributed by atoms with Crippen LogP contribution < -0.4 is 4.74 Å². The Kier molecular flexibility index (Phi) is 7.55. The minimum Gasteiger partial charge on any atom is -0.484 e. The van der Waals surface area contributed by atoms with E-state index in [1.54, 1.807) is 29.2 Å². The number of carbonyl (C=O) groups is 2. The number of hydrogen-bond acceptors (Lipinski definition) is 7. The first-order valence-corrected chi connectivity index (χ1v) is 12.3. The van der Waals surface area contributed by atoms with E-state index in [-0.39, 0.29) is 25.2 Å². The number of benzene rings is 3. The molecule has 1 fully saturated rings. The third kappa shape index (κ3) is 6.03. The predicted molar refractivity (Wildman–Crippen MR) is 136 cm³/mol. The Labute approximate surface area is 214 Å². The average Bonchev–Trinajstić information content (AvgIpc) is 3.46. The number of likely N-dealkylation sites (tertiary alicyclic amines) is 1. The first-order chi connectivity index (χ1) is 18.2. The van der Waals surface area contributed by atoms with Gasteiger partial charge in [-0.25, -0.2) is 4.79 Å². The van der Waals surface area contributed by atoms with Crippen LogP contribution in [0.5, 0.6) is 5.75 Å². The highest BCUT2D eigenvalue weighted by molar-refractivity contribution is 5.89. The number of rotatable bonds is 8. The number of esters is 1. The van der Waals surface area contributed by atoms with E-state index in [1.165, 1.54) is 0 Å².